The molecule has 1 unspecified atom stereocenters. The molecular weight excluding hydrogens is 228 g/mol. The van der Waals surface area contributed by atoms with E-state index in [1.165, 1.54) is 6.92 Å². The summed E-state index contributed by atoms with van der Waals surface area (Å²) in [6.07, 6.45) is -0.605. The number of aliphatic hydroxyl groups excluding tert-OH is 1. The van der Waals surface area contributed by atoms with Crippen molar-refractivity contribution in [2.75, 3.05) is 23.1 Å². The lowest BCUT2D eigenvalue weighted by Crippen LogP contribution is -2.21. The predicted molar refractivity (Wildman–Crippen MR) is 66.0 cm³/mol. The van der Waals surface area contributed by atoms with Gasteiger partial charge in [0.05, 0.1) is 23.4 Å². The summed E-state index contributed by atoms with van der Waals surface area (Å²) in [6.45, 7) is 1.80. The number of anilines is 2. The lowest BCUT2D eigenvalue weighted by molar-refractivity contribution is -0.114. The van der Waals surface area contributed by atoms with Crippen molar-refractivity contribution in [3.05, 3.63) is 24.3 Å². The number of hydrogen-bond donors (Lipinski definition) is 3. The van der Waals surface area contributed by atoms with Gasteiger partial charge in [-0.3, -0.25) is 4.79 Å². The number of aliphatic hydroxyl groups is 1. The molecule has 0 heterocycles. The minimum atomic E-state index is -0.605. The van der Waals surface area contributed by atoms with E-state index in [1.54, 1.807) is 6.07 Å². The summed E-state index contributed by atoms with van der Waals surface area (Å²) in [7, 11) is 0. The maximum Gasteiger partial charge on any atom is 0.221 e. The smallest absolute Gasteiger partial charge is 0.221 e. The second kappa shape index (κ2) is 6.35. The molecule has 1 atom stereocenters. The Kier molecular flexibility index (Phi) is 5.08. The largest absolute Gasteiger partial charge is 0.390 e. The summed E-state index contributed by atoms with van der Waals surface area (Å²) >= 11 is 5.48. The maximum atomic E-state index is 11.0. The number of nitrogens with one attached hydrogen (secondary N) is 2. The number of halogens is 1. The second-order valence-corrected chi connectivity index (χ2v) is 3.72. The number of alkyl halides is 1. The van der Waals surface area contributed by atoms with Crippen molar-refractivity contribution in [2.45, 2.75) is 13.0 Å². The Bertz CT molecular complexity index is 358. The van der Waals surface area contributed by atoms with Crippen molar-refractivity contribution in [1.29, 1.82) is 0 Å². The van der Waals surface area contributed by atoms with Crippen LogP contribution in [0, 0.1) is 0 Å². The zero-order valence-electron chi connectivity index (χ0n) is 9.03. The van der Waals surface area contributed by atoms with E-state index in [1.807, 2.05) is 18.2 Å². The Hall–Kier alpha value is -1.26. The average molecular weight is 243 g/mol. The van der Waals surface area contributed by atoms with E-state index >= 15 is 0 Å². The molecule has 88 valence electrons. The normalized spacial score (nSPS) is 11.9. The highest BCUT2D eigenvalue weighted by molar-refractivity contribution is 6.18. The zero-order chi connectivity index (χ0) is 12.0. The third kappa shape index (κ3) is 4.08. The van der Waals surface area contributed by atoms with Crippen LogP contribution in [0.3, 0.4) is 0 Å². The van der Waals surface area contributed by atoms with Crippen LogP contribution in [0.1, 0.15) is 6.92 Å². The highest BCUT2D eigenvalue weighted by Crippen LogP contribution is 2.20. The monoisotopic (exact) mass is 242 g/mol. The molecule has 1 aromatic rings. The van der Waals surface area contributed by atoms with Gasteiger partial charge in [0.1, 0.15) is 0 Å². The van der Waals surface area contributed by atoms with E-state index in [0.29, 0.717) is 12.2 Å². The van der Waals surface area contributed by atoms with E-state index in [0.717, 1.165) is 5.69 Å². The molecule has 0 radical (unpaired) electrons. The quantitative estimate of drug-likeness (QED) is 0.689. The van der Waals surface area contributed by atoms with E-state index < -0.39 is 6.10 Å². The Morgan fingerprint density at radius 1 is 1.44 bits per heavy atom. The van der Waals surface area contributed by atoms with Crippen LogP contribution in [-0.4, -0.2) is 29.5 Å². The van der Waals surface area contributed by atoms with Gasteiger partial charge in [-0.15, -0.1) is 11.6 Å². The van der Waals surface area contributed by atoms with Crippen LogP contribution < -0.4 is 10.6 Å². The molecule has 5 heteroatoms. The van der Waals surface area contributed by atoms with E-state index in [4.69, 9.17) is 11.6 Å². The van der Waals surface area contributed by atoms with Crippen LogP contribution in [0.25, 0.3) is 0 Å². The van der Waals surface area contributed by atoms with Crippen LogP contribution >= 0.6 is 11.6 Å². The third-order valence-corrected chi connectivity index (χ3v) is 2.30. The molecule has 0 saturated heterocycles. The molecule has 1 rings (SSSR count). The van der Waals surface area contributed by atoms with Gasteiger partial charge >= 0.3 is 0 Å². The van der Waals surface area contributed by atoms with Gasteiger partial charge in [0.25, 0.3) is 0 Å². The number of carbonyl (C=O) groups is 1. The molecule has 0 aliphatic heterocycles. The van der Waals surface area contributed by atoms with E-state index in [-0.39, 0.29) is 11.8 Å². The molecule has 4 nitrogen and oxygen atoms in total. The van der Waals surface area contributed by atoms with Gasteiger partial charge in [0.15, 0.2) is 0 Å². The van der Waals surface area contributed by atoms with Crippen LogP contribution in [0.5, 0.6) is 0 Å². The molecule has 0 fully saturated rings. The minimum Gasteiger partial charge on any atom is -0.390 e. The first kappa shape index (κ1) is 12.8. The standard InChI is InChI=1S/C11H15ClN2O2/c1-8(15)14-11-5-3-2-4-10(11)13-7-9(16)6-12/h2-5,9,13,16H,6-7H2,1H3,(H,14,15). The number of carbonyl (C=O) groups excluding carboxylic acids is 1. The number of hydrogen-bond acceptors (Lipinski definition) is 3. The molecule has 0 aliphatic rings. The van der Waals surface area contributed by atoms with Crippen molar-refractivity contribution in [3.8, 4) is 0 Å². The first-order valence-corrected chi connectivity index (χ1v) is 5.51. The van der Waals surface area contributed by atoms with Gasteiger partial charge in [-0.25, -0.2) is 0 Å². The Balaban J connectivity index is 2.67. The fraction of sp³-hybridized carbons (Fsp3) is 0.364. The Labute approximate surface area is 99.6 Å². The third-order valence-electron chi connectivity index (χ3n) is 1.94. The fourth-order valence-electron chi connectivity index (χ4n) is 1.22. The highest BCUT2D eigenvalue weighted by Gasteiger charge is 2.05. The second-order valence-electron chi connectivity index (χ2n) is 3.42. The van der Waals surface area contributed by atoms with Crippen molar-refractivity contribution in [3.63, 3.8) is 0 Å². The topological polar surface area (TPSA) is 61.4 Å². The van der Waals surface area contributed by atoms with Gasteiger partial charge in [0.2, 0.25) is 5.91 Å². The van der Waals surface area contributed by atoms with Gasteiger partial charge in [0, 0.05) is 13.5 Å². The molecule has 0 bridgehead atoms. The van der Waals surface area contributed by atoms with Gasteiger partial charge in [-0.1, -0.05) is 12.1 Å². The minimum absolute atomic E-state index is 0.132. The lowest BCUT2D eigenvalue weighted by Gasteiger charge is -2.13. The van der Waals surface area contributed by atoms with Gasteiger partial charge < -0.3 is 15.7 Å². The summed E-state index contributed by atoms with van der Waals surface area (Å²) in [4.78, 5) is 11.0. The summed E-state index contributed by atoms with van der Waals surface area (Å²) < 4.78 is 0. The lowest BCUT2D eigenvalue weighted by atomic mass is 10.2. The molecule has 0 spiro atoms. The predicted octanol–water partition coefficient (Wildman–Crippen LogP) is 1.66. The first-order valence-electron chi connectivity index (χ1n) is 4.98. The summed E-state index contributed by atoms with van der Waals surface area (Å²) in [6, 6.07) is 7.29. The molecule has 16 heavy (non-hydrogen) atoms. The molecule has 1 amide bonds. The van der Waals surface area contributed by atoms with Crippen molar-refractivity contribution < 1.29 is 9.90 Å². The van der Waals surface area contributed by atoms with Crippen LogP contribution in [0.2, 0.25) is 0 Å². The zero-order valence-corrected chi connectivity index (χ0v) is 9.79. The van der Waals surface area contributed by atoms with E-state index in [2.05, 4.69) is 10.6 Å². The molecule has 3 N–H and O–H groups in total. The van der Waals surface area contributed by atoms with Crippen molar-refractivity contribution in [1.82, 2.24) is 0 Å². The Morgan fingerprint density at radius 3 is 2.62 bits per heavy atom. The number of rotatable bonds is 5. The average Bonchev–Trinajstić information content (AvgIpc) is 2.26. The maximum absolute atomic E-state index is 11.0. The van der Waals surface area contributed by atoms with Crippen LogP contribution in [0.4, 0.5) is 11.4 Å². The molecule has 1 aromatic carbocycles. The molecular formula is C11H15ClN2O2. The molecule has 0 saturated carbocycles. The molecule has 0 aromatic heterocycles. The molecule has 0 aliphatic carbocycles. The fourth-order valence-corrected chi connectivity index (χ4v) is 1.33. The summed E-state index contributed by atoms with van der Waals surface area (Å²) in [5, 5.41) is 15.0. The summed E-state index contributed by atoms with van der Waals surface area (Å²) in [5.41, 5.74) is 1.46. The number of benzene rings is 1. The van der Waals surface area contributed by atoms with Crippen LogP contribution in [0.15, 0.2) is 24.3 Å². The SMILES string of the molecule is CC(=O)Nc1ccccc1NCC(O)CCl. The van der Waals surface area contributed by atoms with Crippen molar-refractivity contribution in [2.24, 2.45) is 0 Å². The van der Waals surface area contributed by atoms with Crippen molar-refractivity contribution >= 4 is 28.9 Å². The highest BCUT2D eigenvalue weighted by atomic mass is 35.5. The van der Waals surface area contributed by atoms with Gasteiger partial charge in [-0.05, 0) is 12.1 Å². The number of para-hydroxylation sites is 2. The van der Waals surface area contributed by atoms with E-state index in [9.17, 15) is 9.90 Å². The van der Waals surface area contributed by atoms with Crippen LogP contribution in [-0.2, 0) is 4.79 Å². The number of amides is 1. The summed E-state index contributed by atoms with van der Waals surface area (Å²) in [5.74, 6) is 0.0436. The van der Waals surface area contributed by atoms with Gasteiger partial charge in [-0.2, -0.15) is 0 Å². The first-order chi connectivity index (χ1) is 7.63. The Morgan fingerprint density at radius 2 is 2.06 bits per heavy atom.